The molecule has 3 nitrogen and oxygen atoms in total. The predicted octanol–water partition coefficient (Wildman–Crippen LogP) is 5.68. The van der Waals surface area contributed by atoms with Crippen LogP contribution in [0, 0.1) is 0 Å². The average molecular weight is 347 g/mol. The van der Waals surface area contributed by atoms with Gasteiger partial charge in [-0.15, -0.1) is 0 Å². The lowest BCUT2D eigenvalue weighted by Gasteiger charge is -2.42. The van der Waals surface area contributed by atoms with Crippen molar-refractivity contribution < 1.29 is 14.6 Å². The number of hydrogen-bond donors (Lipinski definition) is 1. The number of hydrogen-bond acceptors (Lipinski definition) is 3. The molecular weight excluding hydrogens is 312 g/mol. The van der Waals surface area contributed by atoms with Crippen LogP contribution >= 0.6 is 0 Å². The molecule has 3 rings (SSSR count). The number of benzene rings is 1. The molecule has 140 valence electrons. The fraction of sp³-hybridized carbons (Fsp3) is 0.727. The van der Waals surface area contributed by atoms with Gasteiger partial charge in [-0.2, -0.15) is 0 Å². The second-order valence-corrected chi connectivity index (χ2v) is 9.15. The highest BCUT2D eigenvalue weighted by Gasteiger charge is 2.41. The Morgan fingerprint density at radius 2 is 1.88 bits per heavy atom. The van der Waals surface area contributed by atoms with Crippen molar-refractivity contribution in [2.75, 3.05) is 0 Å². The van der Waals surface area contributed by atoms with Gasteiger partial charge in [-0.05, 0) is 49.8 Å². The SMILES string of the molecule is CCCCCCC(C)(C)c1cc2c3c(c1)OC(C)(C)CC3CC(O)O2. The molecule has 1 aromatic rings. The lowest BCUT2D eigenvalue weighted by Crippen LogP contribution is -2.39. The zero-order valence-electron chi connectivity index (χ0n) is 16.5. The summed E-state index contributed by atoms with van der Waals surface area (Å²) in [6.45, 7) is 11.1. The molecule has 2 aliphatic rings. The van der Waals surface area contributed by atoms with Crippen LogP contribution in [0.4, 0.5) is 0 Å². The van der Waals surface area contributed by atoms with E-state index in [0.717, 1.165) is 29.9 Å². The summed E-state index contributed by atoms with van der Waals surface area (Å²) in [6, 6.07) is 4.38. The van der Waals surface area contributed by atoms with E-state index in [0.29, 0.717) is 12.3 Å². The predicted molar refractivity (Wildman–Crippen MR) is 102 cm³/mol. The maximum atomic E-state index is 10.2. The van der Waals surface area contributed by atoms with Crippen LogP contribution in [0.15, 0.2) is 12.1 Å². The topological polar surface area (TPSA) is 38.7 Å². The van der Waals surface area contributed by atoms with E-state index >= 15 is 0 Å². The van der Waals surface area contributed by atoms with Gasteiger partial charge in [-0.25, -0.2) is 0 Å². The van der Waals surface area contributed by atoms with Crippen LogP contribution in [-0.2, 0) is 5.41 Å². The number of aliphatic hydroxyl groups is 1. The van der Waals surface area contributed by atoms with Gasteiger partial charge < -0.3 is 14.6 Å². The Morgan fingerprint density at radius 1 is 1.16 bits per heavy atom. The van der Waals surface area contributed by atoms with Crippen molar-refractivity contribution in [3.8, 4) is 11.5 Å². The molecule has 0 aromatic heterocycles. The molecule has 2 unspecified atom stereocenters. The Morgan fingerprint density at radius 3 is 2.60 bits per heavy atom. The highest BCUT2D eigenvalue weighted by Crippen LogP contribution is 2.51. The minimum Gasteiger partial charge on any atom is -0.487 e. The molecule has 1 N–H and O–H groups in total. The molecule has 2 atom stereocenters. The molecule has 25 heavy (non-hydrogen) atoms. The minimum atomic E-state index is -0.706. The molecule has 2 aliphatic heterocycles. The Balaban J connectivity index is 1.91. The number of ether oxygens (including phenoxy) is 2. The molecule has 0 spiro atoms. The molecule has 0 saturated carbocycles. The fourth-order valence-electron chi connectivity index (χ4n) is 4.39. The second-order valence-electron chi connectivity index (χ2n) is 9.15. The highest BCUT2D eigenvalue weighted by molar-refractivity contribution is 5.54. The summed E-state index contributed by atoms with van der Waals surface area (Å²) in [6.07, 6.45) is 7.13. The van der Waals surface area contributed by atoms with E-state index in [-0.39, 0.29) is 11.0 Å². The van der Waals surface area contributed by atoms with E-state index in [9.17, 15) is 5.11 Å². The second kappa shape index (κ2) is 6.83. The molecule has 1 aromatic carbocycles. The van der Waals surface area contributed by atoms with Gasteiger partial charge in [-0.1, -0.05) is 46.5 Å². The van der Waals surface area contributed by atoms with E-state index in [1.54, 1.807) is 0 Å². The molecule has 0 radical (unpaired) electrons. The zero-order valence-corrected chi connectivity index (χ0v) is 16.5. The van der Waals surface area contributed by atoms with Crippen molar-refractivity contribution in [3.05, 3.63) is 23.3 Å². The van der Waals surface area contributed by atoms with Crippen LogP contribution in [0.2, 0.25) is 0 Å². The lowest BCUT2D eigenvalue weighted by molar-refractivity contribution is -0.0526. The van der Waals surface area contributed by atoms with Crippen LogP contribution in [0.3, 0.4) is 0 Å². The molecule has 2 heterocycles. The van der Waals surface area contributed by atoms with Gasteiger partial charge in [-0.3, -0.25) is 0 Å². The van der Waals surface area contributed by atoms with E-state index in [1.807, 2.05) is 0 Å². The first-order valence-corrected chi connectivity index (χ1v) is 9.94. The minimum absolute atomic E-state index is 0.0749. The first-order chi connectivity index (χ1) is 11.7. The molecule has 0 saturated heterocycles. The van der Waals surface area contributed by atoms with E-state index in [1.165, 1.54) is 31.2 Å². The quantitative estimate of drug-likeness (QED) is 0.673. The van der Waals surface area contributed by atoms with Crippen LogP contribution in [-0.4, -0.2) is 17.0 Å². The zero-order chi connectivity index (χ0) is 18.2. The Kier molecular flexibility index (Phi) is 5.07. The molecule has 0 aliphatic carbocycles. The summed E-state index contributed by atoms with van der Waals surface area (Å²) >= 11 is 0. The van der Waals surface area contributed by atoms with Crippen molar-refractivity contribution in [1.29, 1.82) is 0 Å². The number of unbranched alkanes of at least 4 members (excludes halogenated alkanes) is 3. The van der Waals surface area contributed by atoms with Gasteiger partial charge >= 0.3 is 0 Å². The van der Waals surface area contributed by atoms with Crippen molar-refractivity contribution in [1.82, 2.24) is 0 Å². The summed E-state index contributed by atoms with van der Waals surface area (Å²) in [5, 5.41) is 10.2. The van der Waals surface area contributed by atoms with E-state index < -0.39 is 6.29 Å². The smallest absolute Gasteiger partial charge is 0.197 e. The van der Waals surface area contributed by atoms with Crippen LogP contribution in [0.25, 0.3) is 0 Å². The van der Waals surface area contributed by atoms with Gasteiger partial charge in [0, 0.05) is 17.9 Å². The number of rotatable bonds is 6. The summed E-state index contributed by atoms with van der Waals surface area (Å²) in [4.78, 5) is 0. The van der Waals surface area contributed by atoms with E-state index in [2.05, 4.69) is 46.8 Å². The Labute approximate surface area is 152 Å². The molecule has 3 heteroatoms. The normalized spacial score (nSPS) is 24.2. The molecule has 0 fully saturated rings. The van der Waals surface area contributed by atoms with Gasteiger partial charge in [0.2, 0.25) is 0 Å². The van der Waals surface area contributed by atoms with E-state index in [4.69, 9.17) is 9.47 Å². The number of aliphatic hydroxyl groups excluding tert-OH is 1. The van der Waals surface area contributed by atoms with Crippen molar-refractivity contribution in [2.45, 2.75) is 103 Å². The molecular formula is C22H34O3. The summed E-state index contributed by atoms with van der Waals surface area (Å²) in [5.74, 6) is 2.11. The van der Waals surface area contributed by atoms with Crippen molar-refractivity contribution in [3.63, 3.8) is 0 Å². The van der Waals surface area contributed by atoms with Crippen molar-refractivity contribution >= 4 is 0 Å². The molecule has 0 amide bonds. The average Bonchev–Trinajstić information content (AvgIpc) is 2.49. The van der Waals surface area contributed by atoms with Gasteiger partial charge in [0.25, 0.3) is 0 Å². The monoisotopic (exact) mass is 346 g/mol. The maximum Gasteiger partial charge on any atom is 0.197 e. The van der Waals surface area contributed by atoms with Crippen LogP contribution in [0.1, 0.15) is 96.6 Å². The Bertz CT molecular complexity index is 618. The van der Waals surface area contributed by atoms with Gasteiger partial charge in [0.1, 0.15) is 17.1 Å². The third kappa shape index (κ3) is 3.97. The summed E-state index contributed by atoms with van der Waals surface area (Å²) in [5.41, 5.74) is 2.29. The van der Waals surface area contributed by atoms with Crippen LogP contribution < -0.4 is 9.47 Å². The standard InChI is InChI=1S/C22H34O3/c1-6-7-8-9-10-21(2,3)16-12-17-20-15(11-19(23)24-17)14-22(4,5)25-18(20)13-16/h12-13,15,19,23H,6-11,14H2,1-5H3. The highest BCUT2D eigenvalue weighted by atomic mass is 16.6. The summed E-state index contributed by atoms with van der Waals surface area (Å²) < 4.78 is 12.1. The molecule has 0 bridgehead atoms. The first kappa shape index (κ1) is 18.6. The summed E-state index contributed by atoms with van der Waals surface area (Å²) in [7, 11) is 0. The largest absolute Gasteiger partial charge is 0.487 e. The van der Waals surface area contributed by atoms with Crippen molar-refractivity contribution in [2.24, 2.45) is 0 Å². The Hall–Kier alpha value is -1.22. The first-order valence-electron chi connectivity index (χ1n) is 9.94. The van der Waals surface area contributed by atoms with Crippen LogP contribution in [0.5, 0.6) is 11.5 Å². The lowest BCUT2D eigenvalue weighted by atomic mass is 9.76. The fourth-order valence-corrected chi connectivity index (χ4v) is 4.39. The van der Waals surface area contributed by atoms with Gasteiger partial charge in [0.15, 0.2) is 6.29 Å². The third-order valence-electron chi connectivity index (χ3n) is 5.82. The third-order valence-corrected chi connectivity index (χ3v) is 5.82. The maximum absolute atomic E-state index is 10.2. The van der Waals surface area contributed by atoms with Gasteiger partial charge in [0.05, 0.1) is 0 Å².